The van der Waals surface area contributed by atoms with E-state index in [0.717, 1.165) is 55.2 Å². The van der Waals surface area contributed by atoms with Crippen LogP contribution in [0.3, 0.4) is 0 Å². The van der Waals surface area contributed by atoms with E-state index in [4.69, 9.17) is 4.74 Å². The fourth-order valence-corrected chi connectivity index (χ4v) is 5.38. The normalized spacial score (nSPS) is 13.3. The zero-order valence-corrected chi connectivity index (χ0v) is 17.5. The number of aryl methyl sites for hydroxylation is 2. The third-order valence-corrected chi connectivity index (χ3v) is 6.75. The van der Waals surface area contributed by atoms with E-state index >= 15 is 0 Å². The number of rotatable bonds is 7. The summed E-state index contributed by atoms with van der Waals surface area (Å²) in [5.74, 6) is 0.591. The van der Waals surface area contributed by atoms with Gasteiger partial charge in [0.25, 0.3) is 0 Å². The summed E-state index contributed by atoms with van der Waals surface area (Å²) in [7, 11) is 1.37. The fourth-order valence-electron chi connectivity index (χ4n) is 3.27. The number of hydrogen-bond donors (Lipinski definition) is 1. The second-order valence-corrected chi connectivity index (χ2v) is 8.29. The molecule has 0 atom stereocenters. The fraction of sp³-hybridized carbons (Fsp3) is 0.556. The van der Waals surface area contributed by atoms with E-state index in [2.05, 4.69) is 15.5 Å². The van der Waals surface area contributed by atoms with Gasteiger partial charge in [-0.1, -0.05) is 18.7 Å². The molecule has 3 rings (SSSR count). The van der Waals surface area contributed by atoms with E-state index in [-0.39, 0.29) is 17.6 Å². The Morgan fingerprint density at radius 2 is 2.04 bits per heavy atom. The van der Waals surface area contributed by atoms with Crippen LogP contribution in [0.5, 0.6) is 0 Å². The Balaban J connectivity index is 1.72. The Morgan fingerprint density at radius 1 is 1.26 bits per heavy atom. The molecule has 9 heteroatoms. The number of ether oxygens (including phenoxy) is 1. The lowest BCUT2D eigenvalue weighted by atomic mass is 9.95. The van der Waals surface area contributed by atoms with Crippen LogP contribution in [0.25, 0.3) is 0 Å². The highest BCUT2D eigenvalue weighted by Crippen LogP contribution is 2.38. The summed E-state index contributed by atoms with van der Waals surface area (Å²) in [6.07, 6.45) is 4.79. The number of hydrogen-bond acceptors (Lipinski definition) is 7. The molecule has 0 radical (unpaired) electrons. The highest BCUT2D eigenvalue weighted by molar-refractivity contribution is 7.99. The van der Waals surface area contributed by atoms with Crippen LogP contribution in [0.15, 0.2) is 5.16 Å². The van der Waals surface area contributed by atoms with Crippen molar-refractivity contribution in [1.29, 1.82) is 0 Å². The minimum Gasteiger partial charge on any atom is -0.465 e. The number of aromatic nitrogens is 3. The second kappa shape index (κ2) is 8.88. The molecule has 0 spiro atoms. The van der Waals surface area contributed by atoms with Crippen molar-refractivity contribution in [2.45, 2.75) is 57.7 Å². The van der Waals surface area contributed by atoms with Crippen molar-refractivity contribution >= 4 is 40.0 Å². The molecule has 0 bridgehead atoms. The minimum absolute atomic E-state index is 0.160. The molecule has 0 aliphatic heterocycles. The highest BCUT2D eigenvalue weighted by atomic mass is 32.2. The van der Waals surface area contributed by atoms with Gasteiger partial charge in [0.05, 0.1) is 18.4 Å². The molecule has 27 heavy (non-hydrogen) atoms. The predicted molar refractivity (Wildman–Crippen MR) is 107 cm³/mol. The standard InChI is InChI=1S/C18H24N4O3S2/c1-4-13-20-21-18(22(13)5-2)26-10-14(23)19-16-15(17(24)25-3)11-8-6-7-9-12(11)27-16/h4-10H2,1-3H3,(H,19,23). The van der Waals surface area contributed by atoms with Gasteiger partial charge in [0.15, 0.2) is 5.16 Å². The van der Waals surface area contributed by atoms with E-state index in [9.17, 15) is 9.59 Å². The van der Waals surface area contributed by atoms with Crippen LogP contribution in [0, 0.1) is 0 Å². The molecule has 0 fully saturated rings. The van der Waals surface area contributed by atoms with Crippen LogP contribution in [-0.4, -0.2) is 39.5 Å². The van der Waals surface area contributed by atoms with Crippen molar-refractivity contribution in [1.82, 2.24) is 14.8 Å². The zero-order valence-electron chi connectivity index (χ0n) is 15.8. The lowest BCUT2D eigenvalue weighted by Gasteiger charge is -2.11. The average Bonchev–Trinajstić information content (AvgIpc) is 3.25. The van der Waals surface area contributed by atoms with Gasteiger partial charge in [-0.15, -0.1) is 21.5 Å². The largest absolute Gasteiger partial charge is 0.465 e. The van der Waals surface area contributed by atoms with Crippen molar-refractivity contribution in [3.05, 3.63) is 21.8 Å². The smallest absolute Gasteiger partial charge is 0.341 e. The topological polar surface area (TPSA) is 86.1 Å². The van der Waals surface area contributed by atoms with Crippen molar-refractivity contribution < 1.29 is 14.3 Å². The number of nitrogens with zero attached hydrogens (tertiary/aromatic N) is 3. The molecular weight excluding hydrogens is 384 g/mol. The Kier molecular flexibility index (Phi) is 6.54. The van der Waals surface area contributed by atoms with Crippen LogP contribution in [-0.2, 0) is 35.3 Å². The molecule has 0 saturated heterocycles. The summed E-state index contributed by atoms with van der Waals surface area (Å²) in [6.45, 7) is 4.83. The molecule has 2 heterocycles. The quantitative estimate of drug-likeness (QED) is 0.559. The summed E-state index contributed by atoms with van der Waals surface area (Å²) in [5, 5.41) is 12.6. The van der Waals surface area contributed by atoms with Gasteiger partial charge in [-0.3, -0.25) is 4.79 Å². The van der Waals surface area contributed by atoms with Crippen molar-refractivity contribution in [2.75, 3.05) is 18.2 Å². The SMILES string of the molecule is CCc1nnc(SCC(=O)Nc2sc3c(c2C(=O)OC)CCCC3)n1CC. The number of methoxy groups -OCH3 is 1. The molecule has 1 aliphatic carbocycles. The maximum absolute atomic E-state index is 12.5. The van der Waals surface area contributed by atoms with Gasteiger partial charge in [-0.05, 0) is 38.2 Å². The monoisotopic (exact) mass is 408 g/mol. The highest BCUT2D eigenvalue weighted by Gasteiger charge is 2.27. The van der Waals surface area contributed by atoms with Crippen LogP contribution in [0.4, 0.5) is 5.00 Å². The second-order valence-electron chi connectivity index (χ2n) is 6.24. The first-order valence-corrected chi connectivity index (χ1v) is 11.0. The van der Waals surface area contributed by atoms with Crippen molar-refractivity contribution in [2.24, 2.45) is 0 Å². The number of esters is 1. The molecule has 0 unspecified atom stereocenters. The number of fused-ring (bicyclic) bond motifs is 1. The van der Waals surface area contributed by atoms with Gasteiger partial charge in [-0.2, -0.15) is 0 Å². The molecule has 7 nitrogen and oxygen atoms in total. The summed E-state index contributed by atoms with van der Waals surface area (Å²) < 4.78 is 6.96. The van der Waals surface area contributed by atoms with E-state index < -0.39 is 0 Å². The molecule has 146 valence electrons. The maximum atomic E-state index is 12.5. The third-order valence-electron chi connectivity index (χ3n) is 4.57. The number of carbonyl (C=O) groups excluding carboxylic acids is 2. The van der Waals surface area contributed by atoms with Crippen LogP contribution < -0.4 is 5.32 Å². The number of nitrogens with one attached hydrogen (secondary N) is 1. The molecule has 1 N–H and O–H groups in total. The van der Waals surface area contributed by atoms with E-state index in [1.165, 1.54) is 35.1 Å². The lowest BCUT2D eigenvalue weighted by Crippen LogP contribution is -2.17. The van der Waals surface area contributed by atoms with Gasteiger partial charge in [0.1, 0.15) is 10.8 Å². The Labute approximate surface area is 166 Å². The molecule has 1 amide bonds. The first-order valence-electron chi connectivity index (χ1n) is 9.16. The molecular formula is C18H24N4O3S2. The van der Waals surface area contributed by atoms with Crippen LogP contribution in [0.2, 0.25) is 0 Å². The number of thioether (sulfide) groups is 1. The average molecular weight is 409 g/mol. The van der Waals surface area contributed by atoms with Crippen LogP contribution in [0.1, 0.15) is 53.3 Å². The number of thiophene rings is 1. The van der Waals surface area contributed by atoms with Crippen LogP contribution >= 0.6 is 23.1 Å². The zero-order chi connectivity index (χ0) is 19.4. The van der Waals surface area contributed by atoms with Crippen molar-refractivity contribution in [3.8, 4) is 0 Å². The lowest BCUT2D eigenvalue weighted by molar-refractivity contribution is -0.113. The van der Waals surface area contributed by atoms with Crippen molar-refractivity contribution in [3.63, 3.8) is 0 Å². The Hall–Kier alpha value is -1.87. The number of amides is 1. The van der Waals surface area contributed by atoms with E-state index in [1.54, 1.807) is 0 Å². The summed E-state index contributed by atoms with van der Waals surface area (Å²) in [6, 6.07) is 0. The number of carbonyl (C=O) groups is 2. The molecule has 1 aliphatic rings. The van der Waals surface area contributed by atoms with Gasteiger partial charge < -0.3 is 14.6 Å². The first kappa shape index (κ1) is 19.9. The van der Waals surface area contributed by atoms with Gasteiger partial charge >= 0.3 is 5.97 Å². The Bertz CT molecular complexity index is 844. The summed E-state index contributed by atoms with van der Waals surface area (Å²) in [4.78, 5) is 25.9. The van der Waals surface area contributed by atoms with Gasteiger partial charge in [0, 0.05) is 17.8 Å². The first-order chi connectivity index (χ1) is 13.1. The molecule has 2 aromatic heterocycles. The number of anilines is 1. The third kappa shape index (κ3) is 4.19. The Morgan fingerprint density at radius 3 is 2.74 bits per heavy atom. The molecule has 0 aromatic carbocycles. The van der Waals surface area contributed by atoms with Gasteiger partial charge in [0.2, 0.25) is 5.91 Å². The van der Waals surface area contributed by atoms with E-state index in [1.807, 2.05) is 18.4 Å². The minimum atomic E-state index is -0.379. The van der Waals surface area contributed by atoms with Gasteiger partial charge in [-0.25, -0.2) is 4.79 Å². The maximum Gasteiger partial charge on any atom is 0.341 e. The molecule has 0 saturated carbocycles. The van der Waals surface area contributed by atoms with E-state index in [0.29, 0.717) is 10.6 Å². The summed E-state index contributed by atoms with van der Waals surface area (Å²) in [5.41, 5.74) is 1.57. The molecule has 2 aromatic rings. The predicted octanol–water partition coefficient (Wildman–Crippen LogP) is 3.32. The summed E-state index contributed by atoms with van der Waals surface area (Å²) >= 11 is 2.85.